The van der Waals surface area contributed by atoms with Crippen LogP contribution in [0.15, 0.2) is 17.0 Å². The van der Waals surface area contributed by atoms with Crippen molar-refractivity contribution in [1.29, 1.82) is 0 Å². The highest BCUT2D eigenvalue weighted by molar-refractivity contribution is 7.89. The molecule has 0 aliphatic heterocycles. The Hall–Kier alpha value is -1.07. The van der Waals surface area contributed by atoms with Gasteiger partial charge < -0.3 is 5.73 Å². The predicted octanol–water partition coefficient (Wildman–Crippen LogP) is 2.70. The number of sulfonamides is 1. The summed E-state index contributed by atoms with van der Waals surface area (Å²) in [7, 11) is -3.43. The van der Waals surface area contributed by atoms with Crippen molar-refractivity contribution in [3.05, 3.63) is 23.3 Å². The van der Waals surface area contributed by atoms with E-state index in [0.717, 1.165) is 30.4 Å². The van der Waals surface area contributed by atoms with E-state index in [1.54, 1.807) is 16.4 Å². The number of rotatable bonds is 6. The van der Waals surface area contributed by atoms with Crippen molar-refractivity contribution in [3.8, 4) is 0 Å². The summed E-state index contributed by atoms with van der Waals surface area (Å²) in [4.78, 5) is 0.326. The highest BCUT2D eigenvalue weighted by Gasteiger charge is 2.31. The maximum atomic E-state index is 12.8. The Morgan fingerprint density at radius 3 is 2.45 bits per heavy atom. The second-order valence-corrected chi connectivity index (χ2v) is 7.70. The lowest BCUT2D eigenvalue weighted by Crippen LogP contribution is -2.33. The van der Waals surface area contributed by atoms with Gasteiger partial charge in [-0.25, -0.2) is 8.42 Å². The van der Waals surface area contributed by atoms with Crippen LogP contribution in [0.1, 0.15) is 37.3 Å². The fourth-order valence-electron chi connectivity index (χ4n) is 2.30. The fraction of sp³-hybridized carbons (Fsp3) is 0.600. The molecule has 1 aromatic carbocycles. The third-order valence-corrected chi connectivity index (χ3v) is 5.79. The second kappa shape index (κ2) is 5.74. The van der Waals surface area contributed by atoms with Crippen LogP contribution in [-0.2, 0) is 10.0 Å². The smallest absolute Gasteiger partial charge is 0.243 e. The van der Waals surface area contributed by atoms with Crippen molar-refractivity contribution < 1.29 is 8.42 Å². The summed E-state index contributed by atoms with van der Waals surface area (Å²) in [5.41, 5.74) is 8.35. The molecule has 1 aliphatic carbocycles. The van der Waals surface area contributed by atoms with Crippen LogP contribution >= 0.6 is 0 Å². The largest absolute Gasteiger partial charge is 0.398 e. The molecule has 20 heavy (non-hydrogen) atoms. The van der Waals surface area contributed by atoms with Gasteiger partial charge in [-0.15, -0.1) is 0 Å². The quantitative estimate of drug-likeness (QED) is 0.821. The molecule has 0 spiro atoms. The summed E-state index contributed by atoms with van der Waals surface area (Å²) in [5.74, 6) is 0.542. The van der Waals surface area contributed by atoms with E-state index in [4.69, 9.17) is 5.73 Å². The van der Waals surface area contributed by atoms with Crippen LogP contribution in [0.5, 0.6) is 0 Å². The molecular formula is C15H24N2O2S. The topological polar surface area (TPSA) is 63.4 Å². The van der Waals surface area contributed by atoms with Gasteiger partial charge in [-0.2, -0.15) is 4.31 Å². The molecule has 0 saturated heterocycles. The zero-order valence-corrected chi connectivity index (χ0v) is 13.3. The molecule has 0 radical (unpaired) electrons. The lowest BCUT2D eigenvalue weighted by atomic mass is 10.1. The number of benzene rings is 1. The highest BCUT2D eigenvalue weighted by Crippen LogP contribution is 2.32. The van der Waals surface area contributed by atoms with E-state index in [2.05, 4.69) is 0 Å². The molecule has 112 valence electrons. The van der Waals surface area contributed by atoms with Gasteiger partial charge in [0.05, 0.1) is 4.90 Å². The lowest BCUT2D eigenvalue weighted by Gasteiger charge is -2.22. The molecule has 2 N–H and O–H groups in total. The standard InChI is InChI=1S/C15H24N2O2S/c1-4-7-17(10-13-5-6-13)20(18,19)14-8-11(2)12(3)15(16)9-14/h8-9,13H,4-7,10,16H2,1-3H3. The van der Waals surface area contributed by atoms with Crippen molar-refractivity contribution in [2.75, 3.05) is 18.8 Å². The van der Waals surface area contributed by atoms with Gasteiger partial charge in [-0.3, -0.25) is 0 Å². The van der Waals surface area contributed by atoms with Crippen molar-refractivity contribution >= 4 is 15.7 Å². The normalized spacial score (nSPS) is 15.8. The van der Waals surface area contributed by atoms with Gasteiger partial charge >= 0.3 is 0 Å². The van der Waals surface area contributed by atoms with Gasteiger partial charge in [-0.1, -0.05) is 6.92 Å². The van der Waals surface area contributed by atoms with Crippen LogP contribution in [0.25, 0.3) is 0 Å². The minimum atomic E-state index is -3.43. The molecule has 1 saturated carbocycles. The first-order chi connectivity index (χ1) is 9.36. The first kappa shape index (κ1) is 15.3. The maximum Gasteiger partial charge on any atom is 0.243 e. The van der Waals surface area contributed by atoms with Gasteiger partial charge in [0.1, 0.15) is 0 Å². The summed E-state index contributed by atoms with van der Waals surface area (Å²) < 4.78 is 27.2. The fourth-order valence-corrected chi connectivity index (χ4v) is 4.03. The van der Waals surface area contributed by atoms with Crippen molar-refractivity contribution in [2.45, 2.75) is 44.9 Å². The van der Waals surface area contributed by atoms with Crippen LogP contribution in [0, 0.1) is 19.8 Å². The monoisotopic (exact) mass is 296 g/mol. The highest BCUT2D eigenvalue weighted by atomic mass is 32.2. The Morgan fingerprint density at radius 1 is 1.30 bits per heavy atom. The molecule has 0 heterocycles. The van der Waals surface area contributed by atoms with Crippen molar-refractivity contribution in [3.63, 3.8) is 0 Å². The van der Waals surface area contributed by atoms with Crippen molar-refractivity contribution in [2.24, 2.45) is 5.92 Å². The molecule has 1 fully saturated rings. The van der Waals surface area contributed by atoms with Gasteiger partial charge in [0.15, 0.2) is 0 Å². The third kappa shape index (κ3) is 3.15. The van der Waals surface area contributed by atoms with E-state index in [1.165, 1.54) is 0 Å². The molecule has 0 unspecified atom stereocenters. The Morgan fingerprint density at radius 2 is 1.95 bits per heavy atom. The molecule has 5 heteroatoms. The summed E-state index contributed by atoms with van der Waals surface area (Å²) in [5, 5.41) is 0. The zero-order chi connectivity index (χ0) is 14.9. The summed E-state index contributed by atoms with van der Waals surface area (Å²) in [6.07, 6.45) is 3.11. The average Bonchev–Trinajstić information content (AvgIpc) is 3.18. The number of hydrogen-bond donors (Lipinski definition) is 1. The number of nitrogens with zero attached hydrogens (tertiary/aromatic N) is 1. The second-order valence-electron chi connectivity index (χ2n) is 5.76. The molecule has 1 aliphatic rings. The number of anilines is 1. The minimum Gasteiger partial charge on any atom is -0.398 e. The average molecular weight is 296 g/mol. The molecule has 2 rings (SSSR count). The summed E-state index contributed by atoms with van der Waals surface area (Å²) in [6.45, 7) is 7.03. The van der Waals surface area contributed by atoms with E-state index >= 15 is 0 Å². The van der Waals surface area contributed by atoms with E-state index < -0.39 is 10.0 Å². The van der Waals surface area contributed by atoms with Gasteiger partial charge in [0, 0.05) is 18.8 Å². The van der Waals surface area contributed by atoms with E-state index in [1.807, 2.05) is 20.8 Å². The number of aryl methyl sites for hydroxylation is 1. The summed E-state index contributed by atoms with van der Waals surface area (Å²) in [6, 6.07) is 3.32. The Balaban J connectivity index is 2.35. The van der Waals surface area contributed by atoms with Gasteiger partial charge in [-0.05, 0) is 62.3 Å². The van der Waals surface area contributed by atoms with Gasteiger partial charge in [0.2, 0.25) is 10.0 Å². The molecule has 4 nitrogen and oxygen atoms in total. The predicted molar refractivity (Wildman–Crippen MR) is 82.1 cm³/mol. The lowest BCUT2D eigenvalue weighted by molar-refractivity contribution is 0.395. The number of hydrogen-bond acceptors (Lipinski definition) is 3. The molecule has 0 aromatic heterocycles. The van der Waals surface area contributed by atoms with Crippen LogP contribution in [0.3, 0.4) is 0 Å². The molecule has 0 bridgehead atoms. The summed E-state index contributed by atoms with van der Waals surface area (Å²) >= 11 is 0. The first-order valence-electron chi connectivity index (χ1n) is 7.23. The Bertz CT molecular complexity index is 569. The Kier molecular flexibility index (Phi) is 4.39. The molecule has 1 aromatic rings. The van der Waals surface area contributed by atoms with Crippen molar-refractivity contribution in [1.82, 2.24) is 4.31 Å². The van der Waals surface area contributed by atoms with Crippen LogP contribution in [-0.4, -0.2) is 25.8 Å². The third-order valence-electron chi connectivity index (χ3n) is 3.95. The van der Waals surface area contributed by atoms with E-state index in [-0.39, 0.29) is 0 Å². The maximum absolute atomic E-state index is 12.8. The van der Waals surface area contributed by atoms with E-state index in [0.29, 0.717) is 29.6 Å². The van der Waals surface area contributed by atoms with Crippen LogP contribution < -0.4 is 5.73 Å². The zero-order valence-electron chi connectivity index (χ0n) is 12.5. The minimum absolute atomic E-state index is 0.326. The van der Waals surface area contributed by atoms with E-state index in [9.17, 15) is 8.42 Å². The molecular weight excluding hydrogens is 272 g/mol. The first-order valence-corrected chi connectivity index (χ1v) is 8.67. The molecule has 0 atom stereocenters. The van der Waals surface area contributed by atoms with Crippen LogP contribution in [0.4, 0.5) is 5.69 Å². The van der Waals surface area contributed by atoms with Crippen LogP contribution in [0.2, 0.25) is 0 Å². The number of nitrogens with two attached hydrogens (primary N) is 1. The molecule has 0 amide bonds. The number of nitrogen functional groups attached to an aromatic ring is 1. The van der Waals surface area contributed by atoms with Gasteiger partial charge in [0.25, 0.3) is 0 Å². The SMILES string of the molecule is CCCN(CC1CC1)S(=O)(=O)c1cc(C)c(C)c(N)c1. The Labute approximate surface area is 122 Å².